The Morgan fingerprint density at radius 3 is 2.81 bits per heavy atom. The van der Waals surface area contributed by atoms with Crippen molar-refractivity contribution in [1.82, 2.24) is 15.3 Å². The number of carbonyl (C=O) groups is 2. The van der Waals surface area contributed by atoms with E-state index in [1.807, 2.05) is 29.6 Å². The van der Waals surface area contributed by atoms with Gasteiger partial charge in [0.2, 0.25) is 11.8 Å². The molecule has 0 bridgehead atoms. The normalized spacial score (nSPS) is 10.3. The molecule has 0 aliphatic rings. The van der Waals surface area contributed by atoms with Gasteiger partial charge in [-0.15, -0.1) is 11.3 Å². The molecule has 0 saturated carbocycles. The minimum atomic E-state index is -0.306. The van der Waals surface area contributed by atoms with Crippen LogP contribution < -0.4 is 10.6 Å². The number of carbonyl (C=O) groups excluding carboxylic acids is 2. The van der Waals surface area contributed by atoms with Gasteiger partial charge in [-0.1, -0.05) is 28.1 Å². The summed E-state index contributed by atoms with van der Waals surface area (Å²) in [6, 6.07) is 11.3. The van der Waals surface area contributed by atoms with Crippen LogP contribution in [0.1, 0.15) is 5.69 Å². The summed E-state index contributed by atoms with van der Waals surface area (Å²) in [6.45, 7) is -0.101. The molecule has 3 aromatic rings. The monoisotopic (exact) mass is 430 g/mol. The van der Waals surface area contributed by atoms with E-state index < -0.39 is 0 Å². The first-order chi connectivity index (χ1) is 12.6. The molecule has 0 aliphatic heterocycles. The Balaban J connectivity index is 1.50. The Morgan fingerprint density at radius 2 is 2.04 bits per heavy atom. The smallest absolute Gasteiger partial charge is 0.243 e. The highest BCUT2D eigenvalue weighted by molar-refractivity contribution is 9.10. The number of thiazole rings is 1. The molecule has 0 atom stereocenters. The van der Waals surface area contributed by atoms with Crippen molar-refractivity contribution in [1.29, 1.82) is 0 Å². The molecule has 3 rings (SSSR count). The number of benzene rings is 1. The molecule has 2 heterocycles. The molecule has 0 fully saturated rings. The lowest BCUT2D eigenvalue weighted by molar-refractivity contribution is -0.123. The van der Waals surface area contributed by atoms with Crippen molar-refractivity contribution in [2.24, 2.45) is 0 Å². The second-order valence-electron chi connectivity index (χ2n) is 5.40. The van der Waals surface area contributed by atoms with Gasteiger partial charge in [0.25, 0.3) is 0 Å². The fraction of sp³-hybridized carbons (Fsp3) is 0.111. The van der Waals surface area contributed by atoms with E-state index in [1.165, 1.54) is 11.3 Å². The number of pyridine rings is 1. The van der Waals surface area contributed by atoms with Crippen molar-refractivity contribution in [2.75, 3.05) is 11.9 Å². The van der Waals surface area contributed by atoms with Crippen LogP contribution in [0.4, 0.5) is 5.69 Å². The molecular formula is C18H15BrN4O2S. The molecule has 0 unspecified atom stereocenters. The summed E-state index contributed by atoms with van der Waals surface area (Å²) in [5.74, 6) is -0.558. The van der Waals surface area contributed by atoms with Crippen molar-refractivity contribution in [3.63, 3.8) is 0 Å². The van der Waals surface area contributed by atoms with Crippen LogP contribution in [0, 0.1) is 0 Å². The van der Waals surface area contributed by atoms with Crippen molar-refractivity contribution in [3.8, 4) is 10.6 Å². The number of nitrogens with one attached hydrogen (secondary N) is 2. The van der Waals surface area contributed by atoms with Crippen molar-refractivity contribution >= 4 is 44.8 Å². The second kappa shape index (κ2) is 8.68. The maximum Gasteiger partial charge on any atom is 0.243 e. The van der Waals surface area contributed by atoms with E-state index in [9.17, 15) is 9.59 Å². The van der Waals surface area contributed by atoms with Crippen molar-refractivity contribution < 1.29 is 9.59 Å². The lowest BCUT2D eigenvalue weighted by atomic mass is 10.2. The first-order valence-electron chi connectivity index (χ1n) is 7.77. The number of aromatic nitrogens is 2. The zero-order valence-electron chi connectivity index (χ0n) is 13.6. The fourth-order valence-electron chi connectivity index (χ4n) is 2.19. The summed E-state index contributed by atoms with van der Waals surface area (Å²) < 4.78 is 0.976. The van der Waals surface area contributed by atoms with Crippen LogP contribution in [-0.4, -0.2) is 28.3 Å². The standard InChI is InChI=1S/C18H15BrN4O2S/c19-13-4-1-3-12(7-13)18-23-15(11-26-18)8-16(24)21-10-17(25)22-14-5-2-6-20-9-14/h1-7,9,11H,8,10H2,(H,21,24)(H,22,25). The number of rotatable bonds is 6. The maximum absolute atomic E-state index is 12.0. The highest BCUT2D eigenvalue weighted by Gasteiger charge is 2.11. The maximum atomic E-state index is 12.0. The molecule has 1 aromatic carbocycles. The molecule has 0 radical (unpaired) electrons. The van der Waals surface area contributed by atoms with Gasteiger partial charge in [-0.05, 0) is 24.3 Å². The second-order valence-corrected chi connectivity index (χ2v) is 7.17. The first-order valence-corrected chi connectivity index (χ1v) is 9.44. The molecule has 0 spiro atoms. The zero-order chi connectivity index (χ0) is 18.4. The van der Waals surface area contributed by atoms with E-state index in [2.05, 4.69) is 36.5 Å². The summed E-state index contributed by atoms with van der Waals surface area (Å²) in [5.41, 5.74) is 2.26. The van der Waals surface area contributed by atoms with E-state index in [0.717, 1.165) is 15.0 Å². The van der Waals surface area contributed by atoms with Gasteiger partial charge in [0.15, 0.2) is 0 Å². The quantitative estimate of drug-likeness (QED) is 0.628. The molecule has 2 N–H and O–H groups in total. The van der Waals surface area contributed by atoms with Gasteiger partial charge in [0, 0.05) is 21.6 Å². The predicted molar refractivity (Wildman–Crippen MR) is 105 cm³/mol. The minimum Gasteiger partial charge on any atom is -0.347 e. The third-order valence-corrected chi connectivity index (χ3v) is 4.79. The Morgan fingerprint density at radius 1 is 1.15 bits per heavy atom. The number of hydrogen-bond acceptors (Lipinski definition) is 5. The Bertz CT molecular complexity index is 914. The molecule has 2 aromatic heterocycles. The summed E-state index contributed by atoms with van der Waals surface area (Å²) in [7, 11) is 0. The molecule has 0 saturated heterocycles. The van der Waals surface area contributed by atoms with E-state index in [-0.39, 0.29) is 24.8 Å². The topological polar surface area (TPSA) is 84.0 Å². The third kappa shape index (κ3) is 5.21. The van der Waals surface area contributed by atoms with Crippen LogP contribution in [0.2, 0.25) is 0 Å². The van der Waals surface area contributed by atoms with Crippen LogP contribution in [0.15, 0.2) is 58.6 Å². The highest BCUT2D eigenvalue weighted by Crippen LogP contribution is 2.26. The summed E-state index contributed by atoms with van der Waals surface area (Å²) >= 11 is 4.92. The zero-order valence-corrected chi connectivity index (χ0v) is 16.0. The van der Waals surface area contributed by atoms with Crippen LogP contribution in [-0.2, 0) is 16.0 Å². The molecule has 8 heteroatoms. The molecule has 0 aliphatic carbocycles. The minimum absolute atomic E-state index is 0.101. The number of nitrogens with zero attached hydrogens (tertiary/aromatic N) is 2. The lowest BCUT2D eigenvalue weighted by Gasteiger charge is -2.05. The van der Waals surface area contributed by atoms with Gasteiger partial charge >= 0.3 is 0 Å². The molecule has 2 amide bonds. The van der Waals surface area contributed by atoms with Gasteiger partial charge in [0.05, 0.1) is 30.5 Å². The Hall–Kier alpha value is -2.58. The highest BCUT2D eigenvalue weighted by atomic mass is 79.9. The molecule has 132 valence electrons. The van der Waals surface area contributed by atoms with E-state index in [4.69, 9.17) is 0 Å². The summed E-state index contributed by atoms with van der Waals surface area (Å²) in [6.07, 6.45) is 3.29. The molecule has 6 nitrogen and oxygen atoms in total. The summed E-state index contributed by atoms with van der Waals surface area (Å²) in [5, 5.41) is 7.96. The van der Waals surface area contributed by atoms with Gasteiger partial charge in [0.1, 0.15) is 5.01 Å². The largest absolute Gasteiger partial charge is 0.347 e. The van der Waals surface area contributed by atoms with Gasteiger partial charge in [-0.2, -0.15) is 0 Å². The van der Waals surface area contributed by atoms with Crippen molar-refractivity contribution in [2.45, 2.75) is 6.42 Å². The van der Waals surface area contributed by atoms with Gasteiger partial charge < -0.3 is 10.6 Å². The average molecular weight is 431 g/mol. The van der Waals surface area contributed by atoms with Gasteiger partial charge in [-0.3, -0.25) is 14.6 Å². The van der Waals surface area contributed by atoms with E-state index >= 15 is 0 Å². The Kier molecular flexibility index (Phi) is 6.08. The first kappa shape index (κ1) is 18.2. The van der Waals surface area contributed by atoms with Crippen LogP contribution in [0.25, 0.3) is 10.6 Å². The van der Waals surface area contributed by atoms with E-state index in [1.54, 1.807) is 24.5 Å². The molecule has 26 heavy (non-hydrogen) atoms. The lowest BCUT2D eigenvalue weighted by Crippen LogP contribution is -2.33. The van der Waals surface area contributed by atoms with Crippen LogP contribution >= 0.6 is 27.3 Å². The number of halogens is 1. The predicted octanol–water partition coefficient (Wildman–Crippen LogP) is 3.27. The number of anilines is 1. The van der Waals surface area contributed by atoms with Gasteiger partial charge in [-0.25, -0.2) is 4.98 Å². The van der Waals surface area contributed by atoms with Crippen molar-refractivity contribution in [3.05, 3.63) is 64.3 Å². The Labute approximate surface area is 162 Å². The van der Waals surface area contributed by atoms with Crippen LogP contribution in [0.5, 0.6) is 0 Å². The number of amides is 2. The molecular weight excluding hydrogens is 416 g/mol. The number of hydrogen-bond donors (Lipinski definition) is 2. The fourth-order valence-corrected chi connectivity index (χ4v) is 3.41. The third-order valence-electron chi connectivity index (χ3n) is 3.36. The SMILES string of the molecule is O=C(Cc1csc(-c2cccc(Br)c2)n1)NCC(=O)Nc1cccnc1. The summed E-state index contributed by atoms with van der Waals surface area (Å²) in [4.78, 5) is 32.2. The van der Waals surface area contributed by atoms with Crippen LogP contribution in [0.3, 0.4) is 0 Å². The van der Waals surface area contributed by atoms with E-state index in [0.29, 0.717) is 11.4 Å². The average Bonchev–Trinajstić information content (AvgIpc) is 3.09.